The average molecular weight is 461 g/mol. The number of tetrazole rings is 1. The third kappa shape index (κ3) is 4.32. The lowest BCUT2D eigenvalue weighted by Gasteiger charge is -2.34. The van der Waals surface area contributed by atoms with Crippen molar-refractivity contribution in [2.45, 2.75) is 32.5 Å². The van der Waals surface area contributed by atoms with Crippen molar-refractivity contribution < 1.29 is 9.47 Å². The van der Waals surface area contributed by atoms with Crippen LogP contribution in [0.1, 0.15) is 35.5 Å². The van der Waals surface area contributed by atoms with Crippen LogP contribution in [0.2, 0.25) is 0 Å². The quantitative estimate of drug-likeness (QED) is 0.432. The molecule has 0 amide bonds. The van der Waals surface area contributed by atoms with Crippen LogP contribution in [-0.4, -0.2) is 57.0 Å². The summed E-state index contributed by atoms with van der Waals surface area (Å²) in [4.78, 5) is 18.7. The minimum atomic E-state index is -0.413. The van der Waals surface area contributed by atoms with Gasteiger partial charge in [-0.1, -0.05) is 24.3 Å². The number of H-pyrrole nitrogens is 1. The van der Waals surface area contributed by atoms with Crippen molar-refractivity contribution in [1.82, 2.24) is 30.1 Å². The number of aromatic amines is 1. The van der Waals surface area contributed by atoms with Gasteiger partial charge in [0.25, 0.3) is 5.56 Å². The zero-order valence-corrected chi connectivity index (χ0v) is 19.4. The van der Waals surface area contributed by atoms with E-state index < -0.39 is 6.04 Å². The molecule has 0 saturated carbocycles. The molecule has 4 aromatic rings. The summed E-state index contributed by atoms with van der Waals surface area (Å²) >= 11 is 0. The highest BCUT2D eigenvalue weighted by atomic mass is 16.5. The molecule has 1 N–H and O–H groups in total. The van der Waals surface area contributed by atoms with E-state index in [2.05, 4.69) is 49.7 Å². The van der Waals surface area contributed by atoms with Crippen molar-refractivity contribution in [3.8, 4) is 5.75 Å². The van der Waals surface area contributed by atoms with E-state index in [9.17, 15) is 4.79 Å². The van der Waals surface area contributed by atoms with Gasteiger partial charge >= 0.3 is 0 Å². The molecule has 1 unspecified atom stereocenters. The molecule has 9 nitrogen and oxygen atoms in total. The SMILES string of the molecule is CCOc1ccc2[nH]c(=O)c(C(c3nnnn3CCOC)N3CCc4ccccc4C3)cc2c1. The van der Waals surface area contributed by atoms with Gasteiger partial charge in [-0.3, -0.25) is 9.69 Å². The van der Waals surface area contributed by atoms with E-state index >= 15 is 0 Å². The summed E-state index contributed by atoms with van der Waals surface area (Å²) in [5.74, 6) is 1.39. The second kappa shape index (κ2) is 9.74. The molecule has 0 bridgehead atoms. The van der Waals surface area contributed by atoms with Crippen LogP contribution in [0.15, 0.2) is 53.3 Å². The smallest absolute Gasteiger partial charge is 0.253 e. The summed E-state index contributed by atoms with van der Waals surface area (Å²) in [5.41, 5.74) is 3.81. The summed E-state index contributed by atoms with van der Waals surface area (Å²) in [5, 5.41) is 13.4. The second-order valence-corrected chi connectivity index (χ2v) is 8.38. The number of fused-ring (bicyclic) bond motifs is 2. The Labute approximate surface area is 197 Å². The largest absolute Gasteiger partial charge is 0.494 e. The van der Waals surface area contributed by atoms with Crippen molar-refractivity contribution >= 4 is 10.9 Å². The summed E-state index contributed by atoms with van der Waals surface area (Å²) in [6, 6.07) is 15.7. The van der Waals surface area contributed by atoms with Crippen molar-refractivity contribution in [2.24, 2.45) is 0 Å². The molecule has 2 aromatic heterocycles. The molecule has 176 valence electrons. The van der Waals surface area contributed by atoms with Gasteiger partial charge < -0.3 is 14.5 Å². The van der Waals surface area contributed by atoms with Crippen molar-refractivity contribution in [3.05, 3.63) is 81.4 Å². The van der Waals surface area contributed by atoms with Crippen molar-refractivity contribution in [2.75, 3.05) is 26.9 Å². The Morgan fingerprint density at radius 2 is 2.00 bits per heavy atom. The summed E-state index contributed by atoms with van der Waals surface area (Å²) in [6.07, 6.45) is 0.895. The van der Waals surface area contributed by atoms with Crippen LogP contribution < -0.4 is 10.3 Å². The van der Waals surface area contributed by atoms with Crippen LogP contribution in [0.25, 0.3) is 10.9 Å². The second-order valence-electron chi connectivity index (χ2n) is 8.38. The molecule has 9 heteroatoms. The van der Waals surface area contributed by atoms with E-state index in [-0.39, 0.29) is 5.56 Å². The minimum absolute atomic E-state index is 0.151. The third-order valence-electron chi connectivity index (χ3n) is 6.29. The number of benzene rings is 2. The molecule has 5 rings (SSSR count). The summed E-state index contributed by atoms with van der Waals surface area (Å²) < 4.78 is 12.7. The predicted molar refractivity (Wildman–Crippen MR) is 128 cm³/mol. The fourth-order valence-corrected chi connectivity index (χ4v) is 4.64. The average Bonchev–Trinajstić information content (AvgIpc) is 3.31. The first-order valence-corrected chi connectivity index (χ1v) is 11.5. The Morgan fingerprint density at radius 1 is 1.15 bits per heavy atom. The van der Waals surface area contributed by atoms with Crippen LogP contribution in [0, 0.1) is 0 Å². The Hall–Kier alpha value is -3.56. The molecule has 0 fully saturated rings. The fraction of sp³-hybridized carbons (Fsp3) is 0.360. The normalized spacial score (nSPS) is 14.8. The van der Waals surface area contributed by atoms with E-state index in [0.717, 1.165) is 29.6 Å². The Balaban J connectivity index is 1.63. The monoisotopic (exact) mass is 460 g/mol. The fourth-order valence-electron chi connectivity index (χ4n) is 4.64. The number of nitrogens with one attached hydrogen (secondary N) is 1. The van der Waals surface area contributed by atoms with Crippen LogP contribution >= 0.6 is 0 Å². The molecule has 2 aromatic carbocycles. The minimum Gasteiger partial charge on any atom is -0.494 e. The van der Waals surface area contributed by atoms with Crippen LogP contribution in [-0.2, 0) is 24.2 Å². The molecule has 0 aliphatic carbocycles. The van der Waals surface area contributed by atoms with Gasteiger partial charge in [-0.25, -0.2) is 4.68 Å². The molecule has 0 saturated heterocycles. The number of methoxy groups -OCH3 is 1. The first kappa shape index (κ1) is 22.2. The van der Waals surface area contributed by atoms with Gasteiger partial charge in [-0.2, -0.15) is 0 Å². The van der Waals surface area contributed by atoms with Gasteiger partial charge in [0.15, 0.2) is 5.82 Å². The third-order valence-corrected chi connectivity index (χ3v) is 6.29. The first-order chi connectivity index (χ1) is 16.7. The lowest BCUT2D eigenvalue weighted by Crippen LogP contribution is -2.38. The first-order valence-electron chi connectivity index (χ1n) is 11.5. The van der Waals surface area contributed by atoms with E-state index in [1.807, 2.05) is 31.2 Å². The number of nitrogens with zero attached hydrogens (tertiary/aromatic N) is 5. The number of ether oxygens (including phenoxy) is 2. The van der Waals surface area contributed by atoms with Gasteiger partial charge in [-0.05, 0) is 59.2 Å². The molecule has 0 radical (unpaired) electrons. The molecule has 1 aliphatic rings. The highest BCUT2D eigenvalue weighted by molar-refractivity contribution is 5.80. The number of pyridine rings is 1. The molecular formula is C25H28N6O3. The maximum Gasteiger partial charge on any atom is 0.253 e. The zero-order valence-electron chi connectivity index (χ0n) is 19.4. The number of hydrogen-bond donors (Lipinski definition) is 1. The molecule has 1 atom stereocenters. The molecule has 34 heavy (non-hydrogen) atoms. The van der Waals surface area contributed by atoms with Crippen LogP contribution in [0.4, 0.5) is 0 Å². The number of hydrogen-bond acceptors (Lipinski definition) is 7. The zero-order chi connectivity index (χ0) is 23.5. The maximum absolute atomic E-state index is 13.4. The Bertz CT molecular complexity index is 1350. The number of aromatic nitrogens is 5. The molecule has 1 aliphatic heterocycles. The molecular weight excluding hydrogens is 432 g/mol. The summed E-state index contributed by atoms with van der Waals surface area (Å²) in [6.45, 7) is 4.99. The maximum atomic E-state index is 13.4. The standard InChI is InChI=1S/C25H28N6O3/c1-3-34-20-8-9-22-19(14-20)15-21(25(32)26-22)23(24-27-28-29-31(24)12-13-33-2)30-11-10-17-6-4-5-7-18(17)16-30/h4-9,14-15,23H,3,10-13,16H2,1-2H3,(H,26,32). The van der Waals surface area contributed by atoms with E-state index in [1.54, 1.807) is 11.8 Å². The highest BCUT2D eigenvalue weighted by Crippen LogP contribution is 2.32. The predicted octanol–water partition coefficient (Wildman–Crippen LogP) is 2.71. The van der Waals surface area contributed by atoms with Crippen LogP contribution in [0.5, 0.6) is 5.75 Å². The molecule has 3 heterocycles. The number of rotatable bonds is 8. The highest BCUT2D eigenvalue weighted by Gasteiger charge is 2.32. The Morgan fingerprint density at radius 3 is 2.82 bits per heavy atom. The lowest BCUT2D eigenvalue weighted by atomic mass is 9.96. The van der Waals surface area contributed by atoms with Gasteiger partial charge in [0.1, 0.15) is 11.8 Å². The van der Waals surface area contributed by atoms with Gasteiger partial charge in [0.2, 0.25) is 0 Å². The van der Waals surface area contributed by atoms with Gasteiger partial charge in [-0.15, -0.1) is 5.10 Å². The summed E-state index contributed by atoms with van der Waals surface area (Å²) in [7, 11) is 1.65. The van der Waals surface area contributed by atoms with Gasteiger partial charge in [0.05, 0.1) is 19.8 Å². The van der Waals surface area contributed by atoms with E-state index in [1.165, 1.54) is 11.1 Å². The van der Waals surface area contributed by atoms with Crippen molar-refractivity contribution in [3.63, 3.8) is 0 Å². The van der Waals surface area contributed by atoms with Gasteiger partial charge in [0, 0.05) is 36.7 Å². The Kier molecular flexibility index (Phi) is 6.37. The topological polar surface area (TPSA) is 98.2 Å². The lowest BCUT2D eigenvalue weighted by molar-refractivity contribution is 0.169. The van der Waals surface area contributed by atoms with E-state index in [0.29, 0.717) is 37.7 Å². The van der Waals surface area contributed by atoms with E-state index in [4.69, 9.17) is 9.47 Å². The van der Waals surface area contributed by atoms with Crippen molar-refractivity contribution in [1.29, 1.82) is 0 Å². The van der Waals surface area contributed by atoms with Crippen LogP contribution in [0.3, 0.4) is 0 Å². The molecule has 0 spiro atoms.